The average molecular weight is 412 g/mol. The third-order valence-electron chi connectivity index (χ3n) is 4.47. The van der Waals surface area contributed by atoms with Crippen LogP contribution >= 0.6 is 0 Å². The molecule has 0 saturated heterocycles. The molecule has 2 aliphatic rings. The van der Waals surface area contributed by atoms with E-state index in [1.165, 1.54) is 36.4 Å². The fraction of sp³-hybridized carbons (Fsp3) is 0. The average Bonchev–Trinajstić information content (AvgIpc) is 2.64. The van der Waals surface area contributed by atoms with Crippen molar-refractivity contribution in [2.75, 3.05) is 0 Å². The molecule has 4 rings (SSSR count). The number of aromatic carboxylic acids is 1. The third-order valence-corrected chi connectivity index (χ3v) is 5.32. The maximum atomic E-state index is 11.8. The zero-order valence-electron chi connectivity index (χ0n) is 14.5. The van der Waals surface area contributed by atoms with Crippen molar-refractivity contribution in [1.29, 1.82) is 0 Å². The minimum absolute atomic E-state index is 0.00256. The first-order valence-corrected chi connectivity index (χ1v) is 9.64. The number of carboxylic acid groups (broad SMARTS) is 1. The van der Waals surface area contributed by atoms with E-state index in [-0.39, 0.29) is 39.2 Å². The van der Waals surface area contributed by atoms with Crippen molar-refractivity contribution in [3.63, 3.8) is 0 Å². The number of hydrogen-bond acceptors (Lipinski definition) is 6. The van der Waals surface area contributed by atoms with Gasteiger partial charge in [-0.1, -0.05) is 0 Å². The molecule has 0 unspecified atom stereocenters. The van der Waals surface area contributed by atoms with Crippen LogP contribution in [0.25, 0.3) is 33.4 Å². The molecule has 1 heterocycles. The lowest BCUT2D eigenvalue weighted by molar-refractivity contribution is 0.0697. The van der Waals surface area contributed by atoms with E-state index in [0.29, 0.717) is 10.9 Å². The normalized spacial score (nSPS) is 11.8. The molecule has 0 atom stereocenters. The molecule has 0 aromatic heterocycles. The zero-order chi connectivity index (χ0) is 20.9. The van der Waals surface area contributed by atoms with Crippen LogP contribution in [0.15, 0.2) is 68.7 Å². The molecule has 2 aromatic rings. The molecule has 3 N–H and O–H groups in total. The molecular weight excluding hydrogens is 400 g/mol. The van der Waals surface area contributed by atoms with Crippen LogP contribution in [0.5, 0.6) is 5.75 Å². The van der Waals surface area contributed by atoms with Crippen LogP contribution in [0, 0.1) is 0 Å². The largest absolute Gasteiger partial charge is 0.508 e. The summed E-state index contributed by atoms with van der Waals surface area (Å²) in [5, 5.41) is 19.8. The molecule has 1 aliphatic carbocycles. The molecule has 29 heavy (non-hydrogen) atoms. The van der Waals surface area contributed by atoms with E-state index in [1.54, 1.807) is 0 Å². The summed E-state index contributed by atoms with van der Waals surface area (Å²) in [6.45, 7) is 0. The van der Waals surface area contributed by atoms with Gasteiger partial charge in [-0.15, -0.1) is 0 Å². The number of hydrogen-bond donors (Lipinski definition) is 3. The predicted octanol–water partition coefficient (Wildman–Crippen LogP) is 3.22. The molecular formula is C20H12O8S. The topological polar surface area (TPSA) is 142 Å². The van der Waals surface area contributed by atoms with E-state index >= 15 is 0 Å². The molecule has 0 spiro atoms. The highest BCUT2D eigenvalue weighted by Gasteiger charge is 2.24. The van der Waals surface area contributed by atoms with E-state index < -0.39 is 21.0 Å². The lowest BCUT2D eigenvalue weighted by Gasteiger charge is -2.17. The molecule has 0 fully saturated rings. The van der Waals surface area contributed by atoms with Crippen molar-refractivity contribution in [3.05, 3.63) is 70.4 Å². The van der Waals surface area contributed by atoms with Crippen LogP contribution in [-0.2, 0) is 10.1 Å². The molecule has 2 aromatic carbocycles. The van der Waals surface area contributed by atoms with Crippen LogP contribution in [0.3, 0.4) is 0 Å². The third kappa shape index (κ3) is 3.22. The van der Waals surface area contributed by atoms with Gasteiger partial charge in [0.15, 0.2) is 5.43 Å². The first-order chi connectivity index (χ1) is 13.6. The Labute approximate surface area is 163 Å². The summed E-state index contributed by atoms with van der Waals surface area (Å²) in [5.74, 6) is -1.31. The number of phenolic OH excluding ortho intramolecular Hbond substituents is 1. The predicted molar refractivity (Wildman–Crippen MR) is 103 cm³/mol. The molecule has 146 valence electrons. The fourth-order valence-corrected chi connectivity index (χ4v) is 3.73. The lowest BCUT2D eigenvalue weighted by atomic mass is 9.91. The Bertz CT molecular complexity index is 1430. The molecule has 0 radical (unpaired) electrons. The van der Waals surface area contributed by atoms with Gasteiger partial charge < -0.3 is 14.6 Å². The summed E-state index contributed by atoms with van der Waals surface area (Å²) in [4.78, 5) is 23.1. The SMILES string of the molecule is O=C(O)c1ccc(S(=O)(=O)O)cc1-c1c2ccc(=O)cc-2oc2cc(O)ccc12. The summed E-state index contributed by atoms with van der Waals surface area (Å²) < 4.78 is 38.4. The van der Waals surface area contributed by atoms with Gasteiger partial charge in [0, 0.05) is 28.6 Å². The summed E-state index contributed by atoms with van der Waals surface area (Å²) in [5.41, 5.74) is 0.235. The van der Waals surface area contributed by atoms with E-state index in [1.807, 2.05) is 0 Å². The van der Waals surface area contributed by atoms with Crippen molar-refractivity contribution in [2.45, 2.75) is 4.90 Å². The van der Waals surface area contributed by atoms with Gasteiger partial charge in [0.25, 0.3) is 10.1 Å². The quantitative estimate of drug-likeness (QED) is 0.344. The Morgan fingerprint density at radius 1 is 0.931 bits per heavy atom. The maximum absolute atomic E-state index is 11.8. The summed E-state index contributed by atoms with van der Waals surface area (Å²) in [6, 6.07) is 11.2. The van der Waals surface area contributed by atoms with Gasteiger partial charge in [0.2, 0.25) is 0 Å². The first kappa shape index (κ1) is 18.7. The highest BCUT2D eigenvalue weighted by atomic mass is 32.2. The minimum Gasteiger partial charge on any atom is -0.508 e. The van der Waals surface area contributed by atoms with Gasteiger partial charge in [0.1, 0.15) is 17.1 Å². The summed E-state index contributed by atoms with van der Waals surface area (Å²) in [7, 11) is -4.60. The van der Waals surface area contributed by atoms with Crippen LogP contribution in [-0.4, -0.2) is 29.2 Å². The van der Waals surface area contributed by atoms with Crippen molar-refractivity contribution >= 4 is 27.1 Å². The van der Waals surface area contributed by atoms with E-state index in [4.69, 9.17) is 4.42 Å². The van der Waals surface area contributed by atoms with Crippen molar-refractivity contribution in [2.24, 2.45) is 0 Å². The Hall–Kier alpha value is -3.69. The number of carbonyl (C=O) groups is 1. The highest BCUT2D eigenvalue weighted by molar-refractivity contribution is 7.85. The van der Waals surface area contributed by atoms with E-state index in [9.17, 15) is 32.8 Å². The molecule has 0 bridgehead atoms. The standard InChI is InChI=1S/C20H12O8S/c21-10-1-4-14-17(7-10)28-18-8-11(22)2-5-15(18)19(14)16-9-12(29(25,26)27)3-6-13(16)20(23)24/h1-9,21H,(H,23,24)(H,25,26,27). The van der Waals surface area contributed by atoms with Crippen molar-refractivity contribution < 1.29 is 32.4 Å². The van der Waals surface area contributed by atoms with E-state index in [0.717, 1.165) is 18.2 Å². The van der Waals surface area contributed by atoms with Gasteiger partial charge in [-0.3, -0.25) is 9.35 Å². The number of carboxylic acids is 1. The molecule has 9 heteroatoms. The first-order valence-electron chi connectivity index (χ1n) is 8.20. The summed E-state index contributed by atoms with van der Waals surface area (Å²) >= 11 is 0. The number of rotatable bonds is 3. The van der Waals surface area contributed by atoms with Gasteiger partial charge in [-0.05, 0) is 48.0 Å². The van der Waals surface area contributed by atoms with Crippen LogP contribution < -0.4 is 5.43 Å². The second-order valence-corrected chi connectivity index (χ2v) is 7.72. The van der Waals surface area contributed by atoms with Crippen molar-refractivity contribution in [3.8, 4) is 28.2 Å². The molecule has 1 aliphatic heterocycles. The highest BCUT2D eigenvalue weighted by Crippen LogP contribution is 2.42. The van der Waals surface area contributed by atoms with Gasteiger partial charge in [-0.2, -0.15) is 8.42 Å². The molecule has 8 nitrogen and oxygen atoms in total. The van der Waals surface area contributed by atoms with Gasteiger partial charge >= 0.3 is 5.97 Å². The second kappa shape index (κ2) is 6.43. The van der Waals surface area contributed by atoms with Crippen molar-refractivity contribution in [1.82, 2.24) is 0 Å². The molecule has 0 saturated carbocycles. The van der Waals surface area contributed by atoms with Crippen LogP contribution in [0.1, 0.15) is 10.4 Å². The zero-order valence-corrected chi connectivity index (χ0v) is 15.3. The minimum atomic E-state index is -4.60. The fourth-order valence-electron chi connectivity index (χ4n) is 3.23. The second-order valence-electron chi connectivity index (χ2n) is 6.30. The molecule has 0 amide bonds. The number of aromatic hydroxyl groups is 1. The number of phenols is 1. The number of benzene rings is 3. The maximum Gasteiger partial charge on any atom is 0.336 e. The summed E-state index contributed by atoms with van der Waals surface area (Å²) in [6.07, 6.45) is 0. The van der Waals surface area contributed by atoms with Gasteiger partial charge in [-0.25, -0.2) is 4.79 Å². The Morgan fingerprint density at radius 3 is 2.38 bits per heavy atom. The Morgan fingerprint density at radius 2 is 1.69 bits per heavy atom. The van der Waals surface area contributed by atoms with E-state index in [2.05, 4.69) is 0 Å². The lowest BCUT2D eigenvalue weighted by Crippen LogP contribution is -2.06. The number of fused-ring (bicyclic) bond motifs is 2. The van der Waals surface area contributed by atoms with Crippen LogP contribution in [0.4, 0.5) is 0 Å². The van der Waals surface area contributed by atoms with Crippen LogP contribution in [0.2, 0.25) is 0 Å². The monoisotopic (exact) mass is 412 g/mol. The Balaban J connectivity index is 2.23. The Kier molecular flexibility index (Phi) is 4.14. The smallest absolute Gasteiger partial charge is 0.336 e. The van der Waals surface area contributed by atoms with Gasteiger partial charge in [0.05, 0.1) is 10.5 Å².